The van der Waals surface area contributed by atoms with E-state index in [-0.39, 0.29) is 46.7 Å². The van der Waals surface area contributed by atoms with Gasteiger partial charge in [0.15, 0.2) is 11.6 Å². The van der Waals surface area contributed by atoms with E-state index < -0.39 is 27.1 Å². The highest BCUT2D eigenvalue weighted by Crippen LogP contribution is 2.54. The minimum Gasteiger partial charge on any atom is -0.465 e. The van der Waals surface area contributed by atoms with Crippen molar-refractivity contribution >= 4 is 22.9 Å². The summed E-state index contributed by atoms with van der Waals surface area (Å²) in [5.41, 5.74) is -0.330. The van der Waals surface area contributed by atoms with Gasteiger partial charge < -0.3 is 9.47 Å². The Balaban J connectivity index is 1.68. The lowest BCUT2D eigenvalue weighted by Gasteiger charge is -2.42. The molecule has 0 spiro atoms. The number of para-hydroxylation sites is 1. The summed E-state index contributed by atoms with van der Waals surface area (Å²) in [4.78, 5) is 48.6. The van der Waals surface area contributed by atoms with Gasteiger partial charge in [-0.15, -0.1) is 0 Å². The molecule has 2 aliphatic carbocycles. The molecule has 0 N–H and O–H groups in total. The van der Waals surface area contributed by atoms with E-state index in [0.29, 0.717) is 41.1 Å². The average molecular weight is 533 g/mol. The van der Waals surface area contributed by atoms with Crippen molar-refractivity contribution in [2.24, 2.45) is 10.8 Å². The molecule has 2 aromatic carbocycles. The number of ether oxygens (including phenoxy) is 2. The number of benzene rings is 2. The predicted octanol–water partition coefficient (Wildman–Crippen LogP) is 6.70. The first kappa shape index (κ1) is 26.3. The predicted molar refractivity (Wildman–Crippen MR) is 140 cm³/mol. The van der Waals surface area contributed by atoms with Crippen LogP contribution in [0.1, 0.15) is 64.9 Å². The van der Waals surface area contributed by atoms with Crippen LogP contribution in [0.2, 0.25) is 0 Å². The summed E-state index contributed by atoms with van der Waals surface area (Å²) in [6.07, 6.45) is 1.61. The Labute approximate surface area is 224 Å². The largest absolute Gasteiger partial charge is 0.465 e. The molecule has 5 rings (SSSR count). The van der Waals surface area contributed by atoms with Gasteiger partial charge in [0.1, 0.15) is 17.3 Å². The van der Waals surface area contributed by atoms with Gasteiger partial charge in [-0.1, -0.05) is 45.9 Å². The van der Waals surface area contributed by atoms with Gasteiger partial charge in [-0.05, 0) is 23.0 Å². The summed E-state index contributed by atoms with van der Waals surface area (Å²) >= 11 is 0. The summed E-state index contributed by atoms with van der Waals surface area (Å²) in [5.74, 6) is 0.0987. The smallest absolute Gasteiger partial charge is 0.318 e. The molecule has 0 aromatic heterocycles. The third-order valence-electron chi connectivity index (χ3n) is 7.38. The van der Waals surface area contributed by atoms with Crippen LogP contribution in [-0.2, 0) is 14.3 Å². The van der Waals surface area contributed by atoms with Crippen LogP contribution < -0.4 is 4.74 Å². The first-order valence-corrected chi connectivity index (χ1v) is 12.7. The Morgan fingerprint density at radius 2 is 1.36 bits per heavy atom. The van der Waals surface area contributed by atoms with Crippen LogP contribution in [0, 0.1) is 31.1 Å². The molecule has 39 heavy (non-hydrogen) atoms. The van der Waals surface area contributed by atoms with E-state index in [9.17, 15) is 29.8 Å². The highest BCUT2D eigenvalue weighted by molar-refractivity contribution is 6.06. The van der Waals surface area contributed by atoms with Crippen molar-refractivity contribution in [1.82, 2.24) is 0 Å². The Kier molecular flexibility index (Phi) is 6.16. The van der Waals surface area contributed by atoms with E-state index in [1.165, 1.54) is 6.07 Å². The molecule has 0 unspecified atom stereocenters. The second-order valence-corrected chi connectivity index (χ2v) is 11.9. The molecule has 2 aromatic rings. The van der Waals surface area contributed by atoms with E-state index in [0.717, 1.165) is 12.1 Å². The van der Waals surface area contributed by atoms with Crippen molar-refractivity contribution in [2.75, 3.05) is 0 Å². The standard InChI is InChI=1S/C29H28N2O8/c1-28(2)12-19(32)26-23(14-28)39-24-15-29(3,4)13-20(33)27(24)25(26)17-7-5-6-8-21(17)38-22-10-9-16(30(34)35)11-18(22)31(36)37/h5-11,25H,12-15H2,1-4H3. The summed E-state index contributed by atoms with van der Waals surface area (Å²) in [7, 11) is 0. The number of hydrogen-bond acceptors (Lipinski definition) is 8. The number of carbonyl (C=O) groups is 2. The van der Waals surface area contributed by atoms with Crippen LogP contribution in [0.4, 0.5) is 11.4 Å². The fourth-order valence-electron chi connectivity index (χ4n) is 5.76. The molecule has 0 amide bonds. The van der Waals surface area contributed by atoms with Crippen molar-refractivity contribution in [3.8, 4) is 11.5 Å². The zero-order chi connectivity index (χ0) is 28.3. The van der Waals surface area contributed by atoms with E-state index in [1.54, 1.807) is 24.3 Å². The van der Waals surface area contributed by atoms with Crippen molar-refractivity contribution < 1.29 is 28.9 Å². The Morgan fingerprint density at radius 1 is 0.795 bits per heavy atom. The van der Waals surface area contributed by atoms with Gasteiger partial charge in [-0.3, -0.25) is 29.8 Å². The van der Waals surface area contributed by atoms with E-state index in [2.05, 4.69) is 0 Å². The highest BCUT2D eigenvalue weighted by Gasteiger charge is 2.48. The number of allylic oxidation sites excluding steroid dienone is 4. The van der Waals surface area contributed by atoms with Gasteiger partial charge in [-0.2, -0.15) is 0 Å². The van der Waals surface area contributed by atoms with Gasteiger partial charge in [0.05, 0.1) is 21.8 Å². The fraction of sp³-hybridized carbons (Fsp3) is 0.379. The Bertz CT molecular complexity index is 1460. The van der Waals surface area contributed by atoms with E-state index in [4.69, 9.17) is 9.47 Å². The third-order valence-corrected chi connectivity index (χ3v) is 7.38. The molecule has 0 atom stereocenters. The molecule has 3 aliphatic rings. The minimum absolute atomic E-state index is 0.119. The molecule has 10 nitrogen and oxygen atoms in total. The normalized spacial score (nSPS) is 20.2. The van der Waals surface area contributed by atoms with Crippen LogP contribution >= 0.6 is 0 Å². The maximum absolute atomic E-state index is 13.6. The molecule has 0 saturated carbocycles. The molecule has 202 valence electrons. The lowest BCUT2D eigenvalue weighted by molar-refractivity contribution is -0.394. The van der Waals surface area contributed by atoms with Gasteiger partial charge in [0, 0.05) is 48.5 Å². The lowest BCUT2D eigenvalue weighted by atomic mass is 9.65. The number of ketones is 2. The minimum atomic E-state index is -0.760. The lowest BCUT2D eigenvalue weighted by Crippen LogP contribution is -2.37. The SMILES string of the molecule is CC1(C)CC(=O)C2=C(C1)OC1=C(C(=O)CC(C)(C)C1)C2c1ccccc1Oc1ccc([N+](=O)[O-])cc1[N+](=O)[O-]. The first-order valence-electron chi connectivity index (χ1n) is 12.7. The van der Waals surface area contributed by atoms with E-state index >= 15 is 0 Å². The zero-order valence-electron chi connectivity index (χ0n) is 22.1. The monoisotopic (exact) mass is 532 g/mol. The zero-order valence-corrected chi connectivity index (χ0v) is 22.1. The number of nitrogens with zero attached hydrogens (tertiary/aromatic N) is 2. The first-order chi connectivity index (χ1) is 18.3. The van der Waals surface area contributed by atoms with Gasteiger partial charge in [-0.25, -0.2) is 0 Å². The third kappa shape index (κ3) is 4.82. The number of hydrogen-bond donors (Lipinski definition) is 0. The number of Topliss-reactive ketones (excluding diaryl/α,β-unsaturated/α-hetero) is 2. The number of nitro groups is 2. The number of nitro benzene ring substituents is 2. The molecular weight excluding hydrogens is 504 g/mol. The quantitative estimate of drug-likeness (QED) is 0.306. The summed E-state index contributed by atoms with van der Waals surface area (Å²) in [6.45, 7) is 7.99. The topological polar surface area (TPSA) is 139 Å². The molecular formula is C29H28N2O8. The van der Waals surface area contributed by atoms with Crippen LogP contribution in [0.5, 0.6) is 11.5 Å². The second kappa shape index (κ2) is 9.14. The average Bonchev–Trinajstić information content (AvgIpc) is 2.81. The molecule has 0 radical (unpaired) electrons. The van der Waals surface area contributed by atoms with E-state index in [1.807, 2.05) is 27.7 Å². The maximum atomic E-state index is 13.6. The molecule has 0 bridgehead atoms. The van der Waals surface area contributed by atoms with Crippen LogP contribution in [0.25, 0.3) is 0 Å². The maximum Gasteiger partial charge on any atom is 0.318 e. The number of rotatable bonds is 5. The van der Waals surface area contributed by atoms with Crippen LogP contribution in [0.3, 0.4) is 0 Å². The van der Waals surface area contributed by atoms with Crippen molar-refractivity contribution in [2.45, 2.75) is 59.3 Å². The van der Waals surface area contributed by atoms with Gasteiger partial charge in [0.25, 0.3) is 5.69 Å². The molecule has 1 aliphatic heterocycles. The summed E-state index contributed by atoms with van der Waals surface area (Å²) < 4.78 is 12.4. The van der Waals surface area contributed by atoms with Crippen LogP contribution in [-0.4, -0.2) is 21.4 Å². The van der Waals surface area contributed by atoms with Crippen molar-refractivity contribution in [3.63, 3.8) is 0 Å². The van der Waals surface area contributed by atoms with Crippen LogP contribution in [0.15, 0.2) is 65.1 Å². The Hall–Kier alpha value is -4.34. The summed E-state index contributed by atoms with van der Waals surface area (Å²) in [6, 6.07) is 9.90. The molecule has 10 heteroatoms. The Morgan fingerprint density at radius 3 is 1.90 bits per heavy atom. The highest BCUT2D eigenvalue weighted by atomic mass is 16.6. The molecule has 0 saturated heterocycles. The molecule has 1 heterocycles. The number of non-ortho nitro benzene ring substituents is 1. The van der Waals surface area contributed by atoms with Gasteiger partial charge >= 0.3 is 5.69 Å². The van der Waals surface area contributed by atoms with Crippen molar-refractivity contribution in [3.05, 3.63) is 90.9 Å². The van der Waals surface area contributed by atoms with Crippen molar-refractivity contribution in [1.29, 1.82) is 0 Å². The second-order valence-electron chi connectivity index (χ2n) is 11.9. The fourth-order valence-corrected chi connectivity index (χ4v) is 5.76. The summed E-state index contributed by atoms with van der Waals surface area (Å²) in [5, 5.41) is 22.9. The molecule has 0 fully saturated rings. The van der Waals surface area contributed by atoms with Gasteiger partial charge in [0.2, 0.25) is 5.75 Å². The number of carbonyl (C=O) groups excluding carboxylic acids is 2.